The van der Waals surface area contributed by atoms with Crippen LogP contribution in [0.4, 0.5) is 42.1 Å². The molecule has 1 atom stereocenters. The molecule has 2 aromatic carbocycles. The first-order valence-electron chi connectivity index (χ1n) is 12.6. The molecule has 2 aliphatic rings. The number of carboxylic acids is 2. The second-order valence-electron chi connectivity index (χ2n) is 10.1. The number of carbonyl (C=O) groups is 4. The van der Waals surface area contributed by atoms with E-state index >= 15 is 0 Å². The van der Waals surface area contributed by atoms with Crippen LogP contribution in [0.1, 0.15) is 16.8 Å². The van der Waals surface area contributed by atoms with Crippen LogP contribution in [-0.2, 0) is 14.4 Å². The molecule has 2 heterocycles. The molecule has 2 amide bonds. The largest absolute Gasteiger partial charge is 0.490 e. The normalized spacial score (nSPS) is 18.6. The summed E-state index contributed by atoms with van der Waals surface area (Å²) in [6.45, 7) is 1.85. The van der Waals surface area contributed by atoms with E-state index in [4.69, 9.17) is 19.8 Å². The number of benzene rings is 2. The van der Waals surface area contributed by atoms with Gasteiger partial charge in [0.05, 0.1) is 12.1 Å². The van der Waals surface area contributed by atoms with Gasteiger partial charge in [-0.15, -0.1) is 0 Å². The van der Waals surface area contributed by atoms with Gasteiger partial charge in [0.15, 0.2) is 0 Å². The van der Waals surface area contributed by atoms with Crippen LogP contribution in [0.15, 0.2) is 48.5 Å². The number of aliphatic carboxylic acids is 2. The van der Waals surface area contributed by atoms with Gasteiger partial charge in [0.1, 0.15) is 5.82 Å². The highest BCUT2D eigenvalue weighted by atomic mass is 19.4. The van der Waals surface area contributed by atoms with Gasteiger partial charge < -0.3 is 24.9 Å². The molecule has 1 unspecified atom stereocenters. The van der Waals surface area contributed by atoms with Crippen molar-refractivity contribution in [3.8, 4) is 0 Å². The number of likely N-dealkylation sites (tertiary alicyclic amines) is 1. The lowest BCUT2D eigenvalue weighted by atomic mass is 9.92. The Morgan fingerprint density at radius 2 is 1.41 bits per heavy atom. The number of carbonyl (C=O) groups excluding carboxylic acids is 2. The fourth-order valence-corrected chi connectivity index (χ4v) is 4.39. The third-order valence-corrected chi connectivity index (χ3v) is 6.79. The monoisotopic (exact) mass is 638 g/mol. The van der Waals surface area contributed by atoms with Gasteiger partial charge in [-0.3, -0.25) is 14.5 Å². The zero-order valence-corrected chi connectivity index (χ0v) is 23.6. The highest BCUT2D eigenvalue weighted by molar-refractivity contribution is 5.97. The van der Waals surface area contributed by atoms with E-state index in [0.717, 1.165) is 12.1 Å². The molecule has 0 saturated carbocycles. The number of rotatable bonds is 3. The quantitative estimate of drug-likeness (QED) is 0.489. The number of halogens is 7. The lowest BCUT2D eigenvalue weighted by Crippen LogP contribution is -2.64. The van der Waals surface area contributed by atoms with Crippen molar-refractivity contribution in [3.05, 3.63) is 59.9 Å². The van der Waals surface area contributed by atoms with Gasteiger partial charge in [-0.2, -0.15) is 26.3 Å². The summed E-state index contributed by atoms with van der Waals surface area (Å²) >= 11 is 0. The van der Waals surface area contributed by atoms with Crippen LogP contribution < -0.4 is 9.80 Å². The Balaban J connectivity index is 0.000000402. The average Bonchev–Trinajstić information content (AvgIpc) is 3.35. The maximum atomic E-state index is 13.7. The molecular formula is C27H29F7N4O6. The summed E-state index contributed by atoms with van der Waals surface area (Å²) in [4.78, 5) is 51.1. The van der Waals surface area contributed by atoms with E-state index in [1.807, 2.05) is 60.1 Å². The predicted octanol–water partition coefficient (Wildman–Crippen LogP) is 3.72. The Bertz CT molecular complexity index is 1330. The number of amides is 2. The summed E-state index contributed by atoms with van der Waals surface area (Å²) in [5.74, 6) is -5.93. The first-order valence-corrected chi connectivity index (χ1v) is 12.6. The van der Waals surface area contributed by atoms with Crippen molar-refractivity contribution in [2.45, 2.75) is 24.3 Å². The molecule has 4 rings (SSSR count). The zero-order chi connectivity index (χ0) is 33.6. The zero-order valence-electron chi connectivity index (χ0n) is 23.6. The number of nitrogens with zero attached hydrogens (tertiary/aromatic N) is 4. The van der Waals surface area contributed by atoms with Crippen LogP contribution >= 0.6 is 0 Å². The van der Waals surface area contributed by atoms with Crippen molar-refractivity contribution < 1.29 is 60.1 Å². The van der Waals surface area contributed by atoms with Gasteiger partial charge in [-0.1, -0.05) is 6.07 Å². The molecule has 242 valence electrons. The minimum atomic E-state index is -5.08. The van der Waals surface area contributed by atoms with Crippen molar-refractivity contribution >= 4 is 35.1 Å². The minimum absolute atomic E-state index is 0.000198. The topological polar surface area (TPSA) is 122 Å². The summed E-state index contributed by atoms with van der Waals surface area (Å²) in [6, 6.07) is 13.7. The molecule has 2 aliphatic heterocycles. The highest BCUT2D eigenvalue weighted by Gasteiger charge is 2.48. The minimum Gasteiger partial charge on any atom is -0.475 e. The summed E-state index contributed by atoms with van der Waals surface area (Å²) < 4.78 is 77.2. The van der Waals surface area contributed by atoms with Crippen molar-refractivity contribution in [1.29, 1.82) is 0 Å². The summed E-state index contributed by atoms with van der Waals surface area (Å²) in [7, 11) is 5.86. The molecule has 0 bridgehead atoms. The standard InChI is InChI=1S/C23H27FN4O2.2C2HF3O2/c1-25(2)19-9-7-17(8-10-19)22(30)27-12-11-23(15-27)16-28(21(29)14-26(23)3)20-6-4-5-18(24)13-20;2*3-2(4,5)1(6)7/h4-10,13H,11-12,14-16H2,1-3H3;2*(H,6,7). The molecule has 0 aromatic heterocycles. The summed E-state index contributed by atoms with van der Waals surface area (Å²) in [6.07, 6.45) is -9.40. The SMILES string of the molecule is CN(C)c1ccc(C(=O)N2CCC3(C2)CN(c2cccc(F)c2)C(=O)CN3C)cc1.O=C(O)C(F)(F)F.O=C(O)C(F)(F)F. The molecule has 44 heavy (non-hydrogen) atoms. The lowest BCUT2D eigenvalue weighted by Gasteiger charge is -2.46. The number of hydrogen-bond acceptors (Lipinski definition) is 6. The van der Waals surface area contributed by atoms with Crippen LogP contribution in [-0.4, -0.2) is 109 Å². The molecule has 2 N–H and O–H groups in total. The predicted molar refractivity (Wildman–Crippen MR) is 143 cm³/mol. The molecule has 2 aromatic rings. The second-order valence-corrected chi connectivity index (χ2v) is 10.1. The Morgan fingerprint density at radius 3 is 1.86 bits per heavy atom. The Kier molecular flexibility index (Phi) is 11.3. The molecular weight excluding hydrogens is 609 g/mol. The van der Waals surface area contributed by atoms with E-state index in [1.54, 1.807) is 17.0 Å². The first-order chi connectivity index (χ1) is 20.2. The third-order valence-electron chi connectivity index (χ3n) is 6.79. The Hall–Kier alpha value is -4.41. The molecule has 2 fully saturated rings. The number of anilines is 2. The van der Waals surface area contributed by atoms with Crippen LogP contribution in [0.5, 0.6) is 0 Å². The first kappa shape index (κ1) is 35.8. The Morgan fingerprint density at radius 1 is 0.886 bits per heavy atom. The number of likely N-dealkylation sites (N-methyl/N-ethyl adjacent to an activating group) is 1. The van der Waals surface area contributed by atoms with Gasteiger partial charge in [0, 0.05) is 50.7 Å². The fraction of sp³-hybridized carbons (Fsp3) is 0.407. The fourth-order valence-electron chi connectivity index (χ4n) is 4.39. The number of carboxylic acid groups (broad SMARTS) is 2. The van der Waals surface area contributed by atoms with E-state index in [0.29, 0.717) is 30.9 Å². The van der Waals surface area contributed by atoms with Gasteiger partial charge in [-0.05, 0) is 55.9 Å². The van der Waals surface area contributed by atoms with Gasteiger partial charge >= 0.3 is 24.3 Å². The maximum absolute atomic E-state index is 13.7. The van der Waals surface area contributed by atoms with Crippen LogP contribution in [0.3, 0.4) is 0 Å². The van der Waals surface area contributed by atoms with Crippen molar-refractivity contribution in [3.63, 3.8) is 0 Å². The number of piperazine rings is 1. The molecule has 0 aliphatic carbocycles. The van der Waals surface area contributed by atoms with Crippen LogP contribution in [0.2, 0.25) is 0 Å². The van der Waals surface area contributed by atoms with Gasteiger partial charge in [0.25, 0.3) is 5.91 Å². The van der Waals surface area contributed by atoms with E-state index in [2.05, 4.69) is 0 Å². The lowest BCUT2D eigenvalue weighted by molar-refractivity contribution is -0.193. The van der Waals surface area contributed by atoms with Gasteiger partial charge in [-0.25, -0.2) is 14.0 Å². The summed E-state index contributed by atoms with van der Waals surface area (Å²) in [5, 5.41) is 14.2. The molecule has 1 spiro atoms. The Labute approximate surface area is 246 Å². The summed E-state index contributed by atoms with van der Waals surface area (Å²) in [5.41, 5.74) is 1.94. The van der Waals surface area contributed by atoms with E-state index in [-0.39, 0.29) is 29.7 Å². The molecule has 0 radical (unpaired) electrons. The molecule has 10 nitrogen and oxygen atoms in total. The highest BCUT2D eigenvalue weighted by Crippen LogP contribution is 2.34. The van der Waals surface area contributed by atoms with E-state index in [9.17, 15) is 40.3 Å². The van der Waals surface area contributed by atoms with E-state index in [1.165, 1.54) is 12.1 Å². The van der Waals surface area contributed by atoms with Crippen LogP contribution in [0, 0.1) is 5.82 Å². The van der Waals surface area contributed by atoms with Crippen molar-refractivity contribution in [2.75, 3.05) is 57.1 Å². The second kappa shape index (κ2) is 13.9. The molecule has 17 heteroatoms. The number of hydrogen-bond donors (Lipinski definition) is 2. The van der Waals surface area contributed by atoms with Gasteiger partial charge in [0.2, 0.25) is 5.91 Å². The third kappa shape index (κ3) is 9.29. The van der Waals surface area contributed by atoms with E-state index < -0.39 is 24.3 Å². The number of alkyl halides is 6. The molecule has 2 saturated heterocycles. The average molecular weight is 639 g/mol. The van der Waals surface area contributed by atoms with Crippen molar-refractivity contribution in [2.24, 2.45) is 0 Å². The van der Waals surface area contributed by atoms with Crippen LogP contribution in [0.25, 0.3) is 0 Å². The van der Waals surface area contributed by atoms with Crippen molar-refractivity contribution in [1.82, 2.24) is 9.80 Å². The maximum Gasteiger partial charge on any atom is 0.490 e. The smallest absolute Gasteiger partial charge is 0.475 e.